The molecule has 0 bridgehead atoms. The molecule has 534 valence electrons. The van der Waals surface area contributed by atoms with E-state index in [9.17, 15) is 43.2 Å². The zero-order chi connectivity index (χ0) is 66.8. The number of hydrogen-bond donors (Lipinski definition) is 3. The van der Waals surface area contributed by atoms with Crippen LogP contribution in [0.15, 0.2) is 0 Å². The van der Waals surface area contributed by atoms with Gasteiger partial charge in [-0.15, -0.1) is 0 Å². The van der Waals surface area contributed by atoms with Crippen molar-refractivity contribution >= 4 is 39.5 Å². The quantitative estimate of drug-likeness (QED) is 0.0222. The lowest BCUT2D eigenvalue weighted by atomic mass is 9.99. The zero-order valence-electron chi connectivity index (χ0n) is 58.8. The fourth-order valence-corrected chi connectivity index (χ4v) is 12.1. The van der Waals surface area contributed by atoms with Crippen LogP contribution in [-0.4, -0.2) is 96.7 Å². The highest BCUT2D eigenvalue weighted by Crippen LogP contribution is 2.45. The van der Waals surface area contributed by atoms with Gasteiger partial charge in [0.15, 0.2) is 12.2 Å². The molecule has 9 atom stereocenters. The van der Waals surface area contributed by atoms with Crippen molar-refractivity contribution in [2.45, 2.75) is 369 Å². The van der Waals surface area contributed by atoms with Gasteiger partial charge in [-0.1, -0.05) is 299 Å². The molecule has 0 saturated heterocycles. The maximum atomic E-state index is 13.0. The molecule has 90 heavy (non-hydrogen) atoms. The molecule has 0 aliphatic rings. The number of unbranched alkanes of at least 4 members (excludes halogenated alkanes) is 30. The maximum absolute atomic E-state index is 13.0. The van der Waals surface area contributed by atoms with Crippen LogP contribution in [0.2, 0.25) is 0 Å². The van der Waals surface area contributed by atoms with Gasteiger partial charge in [0.25, 0.3) is 0 Å². The van der Waals surface area contributed by atoms with Gasteiger partial charge in [0, 0.05) is 25.7 Å². The highest BCUT2D eigenvalue weighted by atomic mass is 31.2. The van der Waals surface area contributed by atoms with Crippen LogP contribution >= 0.6 is 15.6 Å². The number of aliphatic hydroxyl groups excluding tert-OH is 1. The van der Waals surface area contributed by atoms with Crippen molar-refractivity contribution in [3.63, 3.8) is 0 Å². The van der Waals surface area contributed by atoms with Gasteiger partial charge in [-0.25, -0.2) is 9.13 Å². The molecule has 0 aromatic rings. The Bertz CT molecular complexity index is 1790. The van der Waals surface area contributed by atoms with Crippen LogP contribution < -0.4 is 0 Å². The summed E-state index contributed by atoms with van der Waals surface area (Å²) in [6.07, 6.45) is 43.0. The minimum absolute atomic E-state index is 0.102. The molecule has 0 heterocycles. The Morgan fingerprint density at radius 2 is 0.500 bits per heavy atom. The number of phosphoric acid groups is 2. The Kier molecular flexibility index (Phi) is 59.4. The number of esters is 4. The van der Waals surface area contributed by atoms with Gasteiger partial charge < -0.3 is 33.8 Å². The third-order valence-electron chi connectivity index (χ3n) is 17.8. The van der Waals surface area contributed by atoms with Crippen LogP contribution in [0.5, 0.6) is 0 Å². The van der Waals surface area contributed by atoms with E-state index in [4.69, 9.17) is 37.0 Å². The monoisotopic (exact) mass is 1320 g/mol. The van der Waals surface area contributed by atoms with Gasteiger partial charge in [0.1, 0.15) is 19.3 Å². The molecule has 0 aliphatic heterocycles. The average molecular weight is 1330 g/mol. The number of rotatable bonds is 68. The van der Waals surface area contributed by atoms with Gasteiger partial charge >= 0.3 is 39.5 Å². The maximum Gasteiger partial charge on any atom is 0.472 e. The molecule has 0 rings (SSSR count). The predicted octanol–water partition coefficient (Wildman–Crippen LogP) is 20.1. The van der Waals surface area contributed by atoms with Gasteiger partial charge in [0.2, 0.25) is 0 Å². The summed E-state index contributed by atoms with van der Waals surface area (Å²) in [6, 6.07) is 0. The van der Waals surface area contributed by atoms with Crippen molar-refractivity contribution in [2.75, 3.05) is 39.6 Å². The Morgan fingerprint density at radius 3 is 0.733 bits per heavy atom. The largest absolute Gasteiger partial charge is 0.472 e. The summed E-state index contributed by atoms with van der Waals surface area (Å²) in [5.41, 5.74) is 0. The van der Waals surface area contributed by atoms with Crippen LogP contribution in [-0.2, 0) is 65.4 Å². The number of hydrogen-bond acceptors (Lipinski definition) is 15. The topological polar surface area (TPSA) is 237 Å². The molecular formula is C71H138O17P2. The molecule has 0 spiro atoms. The van der Waals surface area contributed by atoms with Gasteiger partial charge in [-0.2, -0.15) is 0 Å². The van der Waals surface area contributed by atoms with Crippen molar-refractivity contribution in [2.24, 2.45) is 23.7 Å². The van der Waals surface area contributed by atoms with E-state index in [-0.39, 0.29) is 25.7 Å². The molecule has 19 heteroatoms. The summed E-state index contributed by atoms with van der Waals surface area (Å²) in [6.45, 7) is 14.1. The third-order valence-corrected chi connectivity index (χ3v) is 19.7. The zero-order valence-corrected chi connectivity index (χ0v) is 60.6. The summed E-state index contributed by atoms with van der Waals surface area (Å²) in [4.78, 5) is 72.5. The molecular weight excluding hydrogens is 1190 g/mol. The van der Waals surface area contributed by atoms with Crippen molar-refractivity contribution in [1.29, 1.82) is 0 Å². The second-order valence-corrected chi connectivity index (χ2v) is 29.5. The van der Waals surface area contributed by atoms with Crippen LogP contribution in [0.1, 0.15) is 351 Å². The lowest BCUT2D eigenvalue weighted by Gasteiger charge is -2.21. The molecule has 0 amide bonds. The van der Waals surface area contributed by atoms with E-state index in [1.165, 1.54) is 148 Å². The first-order valence-electron chi connectivity index (χ1n) is 36.9. The van der Waals surface area contributed by atoms with Crippen LogP contribution in [0.25, 0.3) is 0 Å². The fourth-order valence-electron chi connectivity index (χ4n) is 10.5. The van der Waals surface area contributed by atoms with Gasteiger partial charge in [-0.3, -0.25) is 37.3 Å². The van der Waals surface area contributed by atoms with E-state index in [1.54, 1.807) is 0 Å². The number of aliphatic hydroxyl groups is 1. The first-order chi connectivity index (χ1) is 43.2. The first kappa shape index (κ1) is 88.1. The summed E-state index contributed by atoms with van der Waals surface area (Å²) >= 11 is 0. The van der Waals surface area contributed by atoms with Crippen molar-refractivity contribution < 1.29 is 80.2 Å². The molecule has 0 radical (unpaired) electrons. The summed E-state index contributed by atoms with van der Waals surface area (Å²) < 4.78 is 68.3. The average Bonchev–Trinajstić information content (AvgIpc) is 3.15. The van der Waals surface area contributed by atoms with E-state index in [0.29, 0.717) is 25.7 Å². The lowest BCUT2D eigenvalue weighted by molar-refractivity contribution is -0.161. The van der Waals surface area contributed by atoms with E-state index in [1.807, 2.05) is 0 Å². The third kappa shape index (κ3) is 59.8. The molecule has 0 aromatic carbocycles. The Morgan fingerprint density at radius 1 is 0.300 bits per heavy atom. The van der Waals surface area contributed by atoms with E-state index in [2.05, 4.69) is 55.4 Å². The van der Waals surface area contributed by atoms with Crippen molar-refractivity contribution in [3.05, 3.63) is 0 Å². The first-order valence-corrected chi connectivity index (χ1v) is 39.8. The number of carbonyl (C=O) groups is 4. The highest BCUT2D eigenvalue weighted by molar-refractivity contribution is 7.47. The molecule has 0 aromatic heterocycles. The number of phosphoric ester groups is 2. The van der Waals surface area contributed by atoms with Crippen LogP contribution in [0.4, 0.5) is 0 Å². The molecule has 0 saturated carbocycles. The minimum atomic E-state index is -4.95. The van der Waals surface area contributed by atoms with Gasteiger partial charge in [0.05, 0.1) is 26.4 Å². The van der Waals surface area contributed by atoms with E-state index >= 15 is 0 Å². The van der Waals surface area contributed by atoms with Crippen LogP contribution in [0.3, 0.4) is 0 Å². The molecule has 3 N–H and O–H groups in total. The van der Waals surface area contributed by atoms with Crippen LogP contribution in [0, 0.1) is 23.7 Å². The van der Waals surface area contributed by atoms with Gasteiger partial charge in [-0.05, 0) is 49.4 Å². The smallest absolute Gasteiger partial charge is 0.462 e. The Balaban J connectivity index is 5.24. The lowest BCUT2D eigenvalue weighted by Crippen LogP contribution is -2.30. The predicted molar refractivity (Wildman–Crippen MR) is 363 cm³/mol. The second kappa shape index (κ2) is 60.7. The van der Waals surface area contributed by atoms with Crippen molar-refractivity contribution in [3.8, 4) is 0 Å². The Labute approximate surface area is 549 Å². The Hall–Kier alpha value is -1.94. The van der Waals surface area contributed by atoms with E-state index in [0.717, 1.165) is 120 Å². The van der Waals surface area contributed by atoms with E-state index < -0.39 is 97.5 Å². The number of carbonyl (C=O) groups excluding carboxylic acids is 4. The molecule has 0 aliphatic carbocycles. The SMILES string of the molecule is CCC(C)CCCCCCCCCCCCCCCCC(=O)O[C@H](COC(=O)CCCCCCCCCCC(C)CC)COP(=O)(O)OC[C@@H](O)COP(=O)(O)OC[C@@H](COC(=O)CCCCCCCCC(C)CC)OC(=O)CCCCCCCCC(C)CC. The second-order valence-electron chi connectivity index (χ2n) is 26.6. The summed E-state index contributed by atoms with van der Waals surface area (Å²) in [5.74, 6) is 0.942. The standard InChI is InChI=1S/C71H138O17P2/c1-9-61(5)47-39-31-23-19-17-15-13-14-16-18-20-26-37-45-53-70(75)87-66(57-81-68(73)51-43-35-25-22-21-24-32-40-48-62(6)10-2)59-85-89(77,78)83-55-65(72)56-84-90(79,80)86-60-67(88-71(76)54-46-38-30-28-34-42-50-64(8)12-4)58-82-69(74)52-44-36-29-27-33-41-49-63(7)11-3/h61-67,72H,9-60H2,1-8H3,(H,77,78)(H,79,80)/t61?,62?,63?,64?,65-,66-,67-/m1/s1. The molecule has 6 unspecified atom stereocenters. The summed E-state index contributed by atoms with van der Waals surface area (Å²) in [5, 5.41) is 10.6. The molecule has 17 nitrogen and oxygen atoms in total. The highest BCUT2D eigenvalue weighted by Gasteiger charge is 2.30. The number of ether oxygens (including phenoxy) is 4. The van der Waals surface area contributed by atoms with Crippen molar-refractivity contribution in [1.82, 2.24) is 0 Å². The summed E-state index contributed by atoms with van der Waals surface area (Å²) in [7, 11) is -9.90. The fraction of sp³-hybridized carbons (Fsp3) is 0.944. The minimum Gasteiger partial charge on any atom is -0.462 e. The normalized spacial score (nSPS) is 15.5. The molecule has 0 fully saturated rings.